The summed E-state index contributed by atoms with van der Waals surface area (Å²) in [7, 11) is 0. The average molecular weight is 1430 g/mol. The highest BCUT2D eigenvalue weighted by molar-refractivity contribution is 7.98. The molecule has 0 aliphatic carbocycles. The fourth-order valence-corrected chi connectivity index (χ4v) is 14.1. The lowest BCUT2D eigenvalue weighted by molar-refractivity contribution is -0.147. The molecule has 0 saturated carbocycles. The summed E-state index contributed by atoms with van der Waals surface area (Å²) in [5, 5.41) is 52.9. The van der Waals surface area contributed by atoms with Gasteiger partial charge in [-0.3, -0.25) is 52.7 Å². The zero-order valence-corrected chi connectivity index (χ0v) is 56.9. The molecule has 32 heteroatoms. The van der Waals surface area contributed by atoms with E-state index in [1.807, 2.05) is 24.3 Å². The third kappa shape index (κ3) is 20.6. The Kier molecular flexibility index (Phi) is 25.9. The van der Waals surface area contributed by atoms with Crippen LogP contribution in [-0.4, -0.2) is 184 Å². The van der Waals surface area contributed by atoms with Crippen LogP contribution in [0.15, 0.2) is 110 Å². The Morgan fingerprint density at radius 2 is 1.26 bits per heavy atom. The van der Waals surface area contributed by atoms with Gasteiger partial charge in [0, 0.05) is 108 Å². The number of halogens is 1. The molecular weight excluding hydrogens is 1350 g/mol. The number of thioether (sulfide) groups is 2. The van der Waals surface area contributed by atoms with Gasteiger partial charge < -0.3 is 89.2 Å². The molecule has 0 radical (unpaired) electrons. The number of benzene rings is 4. The Bertz CT molecular complexity index is 4160. The molecule has 10 amide bonds. The summed E-state index contributed by atoms with van der Waals surface area (Å²) in [6.45, 7) is 1.12. The molecule has 8 atom stereocenters. The largest absolute Gasteiger partial charge is 0.508 e. The van der Waals surface area contributed by atoms with Crippen LogP contribution in [0.3, 0.4) is 0 Å². The molecule has 18 N–H and O–H groups in total. The van der Waals surface area contributed by atoms with Crippen molar-refractivity contribution in [2.24, 2.45) is 11.5 Å². The number of phenols is 2. The minimum atomic E-state index is -2.04. The number of aliphatic carboxylic acids is 1. The number of nitrogens with zero attached hydrogens (tertiary/aromatic N) is 2. The summed E-state index contributed by atoms with van der Waals surface area (Å²) < 4.78 is 15.0. The molecule has 7 aromatic rings. The number of carboxylic acid groups (broad SMARTS) is 1. The van der Waals surface area contributed by atoms with Crippen LogP contribution in [0.4, 0.5) is 4.39 Å². The van der Waals surface area contributed by atoms with Crippen LogP contribution in [0.25, 0.3) is 21.8 Å². The Morgan fingerprint density at radius 1 is 0.653 bits per heavy atom. The summed E-state index contributed by atoms with van der Waals surface area (Å²) in [6.07, 6.45) is 4.65. The highest BCUT2D eigenvalue weighted by atomic mass is 32.2. The number of hydrogen-bond acceptors (Lipinski definition) is 17. The molecular formula is C69H82FN15O14S2. The van der Waals surface area contributed by atoms with Gasteiger partial charge >= 0.3 is 5.97 Å². The Labute approximate surface area is 587 Å². The number of primary amides is 1. The zero-order valence-electron chi connectivity index (χ0n) is 55.2. The van der Waals surface area contributed by atoms with Gasteiger partial charge in [-0.05, 0) is 122 Å². The number of imidazole rings is 1. The Hall–Kier alpha value is -10.5. The number of phenolic OH excluding ortho intramolecular Hbond substituents is 2. The fourth-order valence-electron chi connectivity index (χ4n) is 12.2. The van der Waals surface area contributed by atoms with E-state index in [0.717, 1.165) is 11.1 Å². The van der Waals surface area contributed by atoms with Gasteiger partial charge in [0.15, 0.2) is 0 Å². The molecule has 2 aliphatic rings. The standard InChI is InChI=1S/C69H82FN15O14S2/c1-69-18-5-20-85(69)67(98)56(23-38-9-12-45(86)13-10-38)83-65(96)54(27-44-32-73-37-77-44)81-66(97)55(29-60(90)91)82-64(95)53(25-41-30-74-49-15-11-43(70)26-47(41)49)80-63(94)52(24-42-31-75-50-16-14-46(87)28-48(42)50)79-59(89)33-76-62(93)51(8-2-3-19-71)78-58(88)17-21-100-34-39-6-4-7-40(22-39)35-101-36-57(61(72)92)84-68(69)99/h4,6-7,9-16,22,26,28,30-32,37,51-57,74-75,86-87H,2-3,5,8,17-21,23-25,27,29,33-36,71H2,1H3,(H2,72,92)(H,73,77)(H,76,93)(H,78,88)(H,79,89)(H,80,94)(H,81,97)(H,82,95)(H,83,96)(H,84,99)(H,90,91)/t51-,52+,53-,54-,55-,56-,57-,69-/m0/s1. The van der Waals surface area contributed by atoms with E-state index in [2.05, 4.69) is 62.5 Å². The smallest absolute Gasteiger partial charge is 0.305 e. The first-order chi connectivity index (χ1) is 48.4. The SMILES string of the molecule is C[C@@]12CCCN1C(=O)[C@H](Cc1ccc(O)cc1)NC(=O)[C@H](Cc1cnc[nH]1)NC(=O)[C@H](CC(=O)O)NC(=O)[C@H](Cc1c[nH]c3ccc(F)cc13)NC(=O)[C@@H](Cc1c[nH]c3ccc(O)cc13)NC(=O)CNC(=O)[C@H](CCCCN)NC(=O)CCSCc1cccc(c1)CSC[C@@H](C(N)=O)NC2=O. The van der Waals surface area contributed by atoms with Gasteiger partial charge in [0.1, 0.15) is 65.1 Å². The third-order valence-corrected chi connectivity index (χ3v) is 19.7. The molecule has 3 aromatic heterocycles. The Morgan fingerprint density at radius 3 is 1.91 bits per heavy atom. The van der Waals surface area contributed by atoms with E-state index in [-0.39, 0.29) is 79.0 Å². The van der Waals surface area contributed by atoms with E-state index >= 15 is 19.2 Å². The predicted molar refractivity (Wildman–Crippen MR) is 373 cm³/mol. The average Bonchev–Trinajstić information content (AvgIpc) is 1.70. The van der Waals surface area contributed by atoms with Crippen LogP contribution < -0.4 is 54.0 Å². The van der Waals surface area contributed by atoms with E-state index in [1.165, 1.54) is 115 Å². The molecule has 536 valence electrons. The molecule has 101 heavy (non-hydrogen) atoms. The summed E-state index contributed by atoms with van der Waals surface area (Å²) in [5.74, 6) is -10.0. The molecule has 4 aromatic carbocycles. The van der Waals surface area contributed by atoms with Gasteiger partial charge in [0.25, 0.3) is 0 Å². The maximum Gasteiger partial charge on any atom is 0.305 e. The number of nitrogens with one attached hydrogen (secondary N) is 11. The number of H-pyrrole nitrogens is 3. The van der Waals surface area contributed by atoms with E-state index in [1.54, 1.807) is 6.07 Å². The highest BCUT2D eigenvalue weighted by Crippen LogP contribution is 2.32. The lowest BCUT2D eigenvalue weighted by atomic mass is 9.95. The minimum Gasteiger partial charge on any atom is -0.508 e. The summed E-state index contributed by atoms with van der Waals surface area (Å²) in [4.78, 5) is 171. The normalized spacial score (nSPS) is 22.7. The molecule has 9 rings (SSSR count). The number of aromatic hydroxyl groups is 2. The highest BCUT2D eigenvalue weighted by Gasteiger charge is 2.49. The van der Waals surface area contributed by atoms with Crippen LogP contribution in [0.2, 0.25) is 0 Å². The summed E-state index contributed by atoms with van der Waals surface area (Å²) in [5.41, 5.74) is 14.2. The first-order valence-electron chi connectivity index (χ1n) is 32.9. The van der Waals surface area contributed by atoms with E-state index in [0.29, 0.717) is 70.6 Å². The van der Waals surface area contributed by atoms with Crippen molar-refractivity contribution in [3.05, 3.63) is 149 Å². The number of aromatic nitrogens is 4. The van der Waals surface area contributed by atoms with Crippen LogP contribution in [0.1, 0.15) is 85.4 Å². The molecule has 5 heterocycles. The Balaban J connectivity index is 1.06. The number of aromatic amines is 3. The van der Waals surface area contributed by atoms with Crippen LogP contribution in [0.5, 0.6) is 11.5 Å². The maximum absolute atomic E-state index is 15.2. The second kappa shape index (κ2) is 35.0. The van der Waals surface area contributed by atoms with Crippen molar-refractivity contribution in [1.29, 1.82) is 0 Å². The van der Waals surface area contributed by atoms with Gasteiger partial charge in [-0.2, -0.15) is 23.5 Å². The molecule has 2 aliphatic heterocycles. The third-order valence-electron chi connectivity index (χ3n) is 17.6. The number of fused-ring (bicyclic) bond motifs is 5. The number of unbranched alkanes of at least 4 members (excludes halogenated alkanes) is 1. The number of hydrogen-bond donors (Lipinski definition) is 16. The maximum atomic E-state index is 15.2. The van der Waals surface area contributed by atoms with Crippen LogP contribution >= 0.6 is 23.5 Å². The fraction of sp³-hybridized carbons (Fsp3) is 0.391. The molecule has 1 fully saturated rings. The molecule has 1 saturated heterocycles. The van der Waals surface area contributed by atoms with Gasteiger partial charge in [-0.1, -0.05) is 36.4 Å². The van der Waals surface area contributed by atoms with E-state index in [4.69, 9.17) is 11.5 Å². The van der Waals surface area contributed by atoms with E-state index in [9.17, 15) is 53.3 Å². The van der Waals surface area contributed by atoms with Crippen molar-refractivity contribution in [2.75, 3.05) is 31.1 Å². The number of nitrogens with two attached hydrogens (primary N) is 2. The molecule has 29 nitrogen and oxygen atoms in total. The monoisotopic (exact) mass is 1430 g/mol. The summed E-state index contributed by atoms with van der Waals surface area (Å²) >= 11 is 2.80. The second-order valence-corrected chi connectivity index (χ2v) is 27.3. The van der Waals surface area contributed by atoms with Gasteiger partial charge in [0.05, 0.1) is 19.3 Å². The number of rotatable bonds is 15. The van der Waals surface area contributed by atoms with Crippen molar-refractivity contribution in [3.63, 3.8) is 0 Å². The van der Waals surface area contributed by atoms with E-state index < -0.39 is 138 Å². The molecule has 2 bridgehead atoms. The number of carbonyl (C=O) groups is 11. The number of carboxylic acids is 1. The van der Waals surface area contributed by atoms with Gasteiger partial charge in [-0.15, -0.1) is 0 Å². The van der Waals surface area contributed by atoms with Crippen molar-refractivity contribution < 1.29 is 72.4 Å². The van der Waals surface area contributed by atoms with Crippen LogP contribution in [0, 0.1) is 5.82 Å². The van der Waals surface area contributed by atoms with Crippen molar-refractivity contribution >= 4 is 110 Å². The lowest BCUT2D eigenvalue weighted by Gasteiger charge is -2.37. The minimum absolute atomic E-state index is 0.0166. The number of amides is 10. The predicted octanol–water partition coefficient (Wildman–Crippen LogP) is 1.74. The van der Waals surface area contributed by atoms with Crippen molar-refractivity contribution in [1.82, 2.24) is 67.4 Å². The number of carbonyl (C=O) groups excluding carboxylic acids is 10. The molecule has 0 unspecified atom stereocenters. The van der Waals surface area contributed by atoms with Gasteiger partial charge in [-0.25, -0.2) is 9.37 Å². The lowest BCUT2D eigenvalue weighted by Crippen LogP contribution is -2.63. The van der Waals surface area contributed by atoms with Gasteiger partial charge in [0.2, 0.25) is 59.1 Å². The van der Waals surface area contributed by atoms with Crippen molar-refractivity contribution in [3.8, 4) is 11.5 Å². The van der Waals surface area contributed by atoms with Crippen molar-refractivity contribution in [2.45, 2.75) is 137 Å². The second-order valence-electron chi connectivity index (χ2n) is 25.1. The quantitative estimate of drug-likeness (QED) is 0.0650. The van der Waals surface area contributed by atoms with Crippen LogP contribution in [-0.2, 0) is 89.9 Å². The zero-order chi connectivity index (χ0) is 72.3. The first-order valence-corrected chi connectivity index (χ1v) is 35.2. The topological polar surface area (TPSA) is 460 Å². The summed E-state index contributed by atoms with van der Waals surface area (Å²) in [6, 6.07) is 10.7. The molecule has 0 spiro atoms. The first kappa shape index (κ1) is 74.7.